The fourth-order valence-corrected chi connectivity index (χ4v) is 5.01. The first-order chi connectivity index (χ1) is 12.9. The molecule has 1 saturated heterocycles. The lowest BCUT2D eigenvalue weighted by molar-refractivity contribution is -0.132. The number of nitrogens with zero attached hydrogens (tertiary/aromatic N) is 3. The number of amides is 2. The maximum Gasteiger partial charge on any atom is 0.228 e. The molecule has 1 aliphatic heterocycles. The molecule has 0 aliphatic carbocycles. The Morgan fingerprint density at radius 1 is 1.26 bits per heavy atom. The molecule has 6 nitrogen and oxygen atoms in total. The van der Waals surface area contributed by atoms with E-state index in [9.17, 15) is 9.59 Å². The Morgan fingerprint density at radius 2 is 2.00 bits per heavy atom. The lowest BCUT2D eigenvalue weighted by atomic mass is 10.2. The van der Waals surface area contributed by atoms with Gasteiger partial charge in [-0.1, -0.05) is 13.8 Å². The molecule has 3 rings (SSSR count). The summed E-state index contributed by atoms with van der Waals surface area (Å²) in [6.45, 7) is 7.86. The summed E-state index contributed by atoms with van der Waals surface area (Å²) in [6.07, 6.45) is 0.284. The van der Waals surface area contributed by atoms with Gasteiger partial charge in [-0.2, -0.15) is 0 Å². The molecule has 0 atom stereocenters. The van der Waals surface area contributed by atoms with E-state index in [1.807, 2.05) is 24.1 Å². The van der Waals surface area contributed by atoms with Crippen LogP contribution in [0, 0.1) is 5.92 Å². The van der Waals surface area contributed by atoms with Crippen molar-refractivity contribution in [1.82, 2.24) is 14.8 Å². The van der Waals surface area contributed by atoms with E-state index in [1.54, 1.807) is 11.3 Å². The van der Waals surface area contributed by atoms with E-state index in [-0.39, 0.29) is 24.2 Å². The number of aromatic nitrogens is 1. The van der Waals surface area contributed by atoms with Crippen molar-refractivity contribution < 1.29 is 9.59 Å². The van der Waals surface area contributed by atoms with E-state index in [2.05, 4.69) is 43.3 Å². The van der Waals surface area contributed by atoms with Crippen molar-refractivity contribution in [2.45, 2.75) is 26.8 Å². The second kappa shape index (κ2) is 9.27. The molecule has 0 radical (unpaired) electrons. The standard InChI is InChI=1S/C18H23BrN4O2S2/c1-12(2)17(25)21-18-20-13(11-26-18)9-16(24)23-7-5-22(6-8-23)10-14-3-4-15(19)27-14/h3-4,11-12H,5-10H2,1-2H3,(H,20,21,25). The molecule has 2 amide bonds. The molecule has 146 valence electrons. The van der Waals surface area contributed by atoms with Crippen LogP contribution < -0.4 is 5.32 Å². The van der Waals surface area contributed by atoms with Crippen LogP contribution in [0.5, 0.6) is 0 Å². The van der Waals surface area contributed by atoms with Crippen LogP contribution in [0.2, 0.25) is 0 Å². The smallest absolute Gasteiger partial charge is 0.228 e. The van der Waals surface area contributed by atoms with Gasteiger partial charge in [-0.25, -0.2) is 4.98 Å². The highest BCUT2D eigenvalue weighted by Crippen LogP contribution is 2.24. The van der Waals surface area contributed by atoms with Crippen LogP contribution in [0.1, 0.15) is 24.4 Å². The normalized spacial score (nSPS) is 15.3. The number of anilines is 1. The third-order valence-electron chi connectivity index (χ3n) is 4.37. The molecular weight excluding hydrogens is 448 g/mol. The molecule has 27 heavy (non-hydrogen) atoms. The van der Waals surface area contributed by atoms with Crippen LogP contribution >= 0.6 is 38.6 Å². The summed E-state index contributed by atoms with van der Waals surface area (Å²) in [5, 5.41) is 5.18. The van der Waals surface area contributed by atoms with Crippen LogP contribution in [0.15, 0.2) is 21.3 Å². The van der Waals surface area contributed by atoms with Crippen molar-refractivity contribution >= 4 is 55.5 Å². The van der Waals surface area contributed by atoms with Crippen LogP contribution in [-0.2, 0) is 22.6 Å². The molecule has 1 fully saturated rings. The Hall–Kier alpha value is -1.29. The number of thiophene rings is 1. The predicted molar refractivity (Wildman–Crippen MR) is 113 cm³/mol. The lowest BCUT2D eigenvalue weighted by Gasteiger charge is -2.34. The van der Waals surface area contributed by atoms with E-state index >= 15 is 0 Å². The molecule has 0 aromatic carbocycles. The predicted octanol–water partition coefficient (Wildman–Crippen LogP) is 3.45. The molecule has 3 heterocycles. The molecule has 1 N–H and O–H groups in total. The number of halogens is 1. The number of rotatable bonds is 6. The maximum atomic E-state index is 12.6. The van der Waals surface area contributed by atoms with E-state index < -0.39 is 0 Å². The average molecular weight is 471 g/mol. The Kier molecular flexibility index (Phi) is 7.02. The largest absolute Gasteiger partial charge is 0.340 e. The molecular formula is C18H23BrN4O2S2. The number of nitrogens with one attached hydrogen (secondary N) is 1. The van der Waals surface area contributed by atoms with Gasteiger partial charge in [0.1, 0.15) is 0 Å². The van der Waals surface area contributed by atoms with Crippen LogP contribution in [0.25, 0.3) is 0 Å². The first kappa shape index (κ1) is 20.4. The minimum absolute atomic E-state index is 0.0591. The van der Waals surface area contributed by atoms with Gasteiger partial charge in [0.25, 0.3) is 0 Å². The highest BCUT2D eigenvalue weighted by Gasteiger charge is 2.22. The summed E-state index contributed by atoms with van der Waals surface area (Å²) >= 11 is 6.62. The lowest BCUT2D eigenvalue weighted by Crippen LogP contribution is -2.48. The minimum Gasteiger partial charge on any atom is -0.340 e. The number of piperazine rings is 1. The third-order valence-corrected chi connectivity index (χ3v) is 6.79. The van der Waals surface area contributed by atoms with Gasteiger partial charge in [0.05, 0.1) is 15.9 Å². The van der Waals surface area contributed by atoms with Crippen molar-refractivity contribution in [3.8, 4) is 0 Å². The summed E-state index contributed by atoms with van der Waals surface area (Å²) in [4.78, 5) is 34.3. The zero-order valence-electron chi connectivity index (χ0n) is 15.4. The van der Waals surface area contributed by atoms with E-state index in [0.29, 0.717) is 5.13 Å². The molecule has 0 saturated carbocycles. The third kappa shape index (κ3) is 5.84. The highest BCUT2D eigenvalue weighted by molar-refractivity contribution is 9.11. The zero-order valence-corrected chi connectivity index (χ0v) is 18.6. The van der Waals surface area contributed by atoms with Gasteiger partial charge in [-0.15, -0.1) is 22.7 Å². The summed E-state index contributed by atoms with van der Waals surface area (Å²) in [7, 11) is 0. The first-order valence-corrected chi connectivity index (χ1v) is 11.4. The molecule has 0 bridgehead atoms. The molecule has 0 unspecified atom stereocenters. The Labute approximate surface area is 175 Å². The molecule has 1 aliphatic rings. The number of hydrogen-bond acceptors (Lipinski definition) is 6. The van der Waals surface area contributed by atoms with Crippen molar-refractivity contribution in [2.24, 2.45) is 5.92 Å². The van der Waals surface area contributed by atoms with Gasteiger partial charge in [0.2, 0.25) is 11.8 Å². The molecule has 2 aromatic rings. The van der Waals surface area contributed by atoms with Gasteiger partial charge in [0, 0.05) is 48.9 Å². The van der Waals surface area contributed by atoms with Gasteiger partial charge in [-0.3, -0.25) is 14.5 Å². The van der Waals surface area contributed by atoms with E-state index in [1.165, 1.54) is 16.2 Å². The van der Waals surface area contributed by atoms with Gasteiger partial charge < -0.3 is 10.2 Å². The molecule has 9 heteroatoms. The number of carbonyl (C=O) groups excluding carboxylic acids is 2. The minimum atomic E-state index is -0.0921. The number of thiazole rings is 1. The summed E-state index contributed by atoms with van der Waals surface area (Å²) in [5.41, 5.74) is 0.718. The van der Waals surface area contributed by atoms with Crippen LogP contribution in [0.3, 0.4) is 0 Å². The van der Waals surface area contributed by atoms with Crippen molar-refractivity contribution in [1.29, 1.82) is 0 Å². The van der Waals surface area contributed by atoms with Crippen molar-refractivity contribution in [2.75, 3.05) is 31.5 Å². The zero-order chi connectivity index (χ0) is 19.4. The Balaban J connectivity index is 1.45. The van der Waals surface area contributed by atoms with Crippen LogP contribution in [-0.4, -0.2) is 52.8 Å². The summed E-state index contributed by atoms with van der Waals surface area (Å²) < 4.78 is 1.15. The topological polar surface area (TPSA) is 65.5 Å². The van der Waals surface area contributed by atoms with Crippen molar-refractivity contribution in [3.63, 3.8) is 0 Å². The average Bonchev–Trinajstić information content (AvgIpc) is 3.24. The number of hydrogen-bond donors (Lipinski definition) is 1. The molecule has 2 aromatic heterocycles. The van der Waals surface area contributed by atoms with Gasteiger partial charge in [-0.05, 0) is 28.1 Å². The Bertz CT molecular complexity index is 797. The quantitative estimate of drug-likeness (QED) is 0.701. The second-order valence-corrected chi connectivity index (χ2v) is 10.2. The van der Waals surface area contributed by atoms with Gasteiger partial charge >= 0.3 is 0 Å². The summed E-state index contributed by atoms with van der Waals surface area (Å²) in [5.74, 6) is -0.0535. The van der Waals surface area contributed by atoms with Crippen LogP contribution in [0.4, 0.5) is 5.13 Å². The van der Waals surface area contributed by atoms with E-state index in [4.69, 9.17) is 0 Å². The summed E-state index contributed by atoms with van der Waals surface area (Å²) in [6, 6.07) is 4.22. The highest BCUT2D eigenvalue weighted by atomic mass is 79.9. The van der Waals surface area contributed by atoms with Gasteiger partial charge in [0.15, 0.2) is 5.13 Å². The fraction of sp³-hybridized carbons (Fsp3) is 0.500. The first-order valence-electron chi connectivity index (χ1n) is 8.90. The SMILES string of the molecule is CC(C)C(=O)Nc1nc(CC(=O)N2CCN(Cc3ccc(Br)s3)CC2)cs1. The Morgan fingerprint density at radius 3 is 2.63 bits per heavy atom. The number of carbonyl (C=O) groups is 2. The molecule has 0 spiro atoms. The monoisotopic (exact) mass is 470 g/mol. The fourth-order valence-electron chi connectivity index (χ4n) is 2.77. The maximum absolute atomic E-state index is 12.6. The second-order valence-electron chi connectivity index (χ2n) is 6.83. The van der Waals surface area contributed by atoms with E-state index in [0.717, 1.165) is 42.2 Å². The van der Waals surface area contributed by atoms with Crippen molar-refractivity contribution in [3.05, 3.63) is 31.9 Å².